The highest BCUT2D eigenvalue weighted by Gasteiger charge is 2.27. The highest BCUT2D eigenvalue weighted by atomic mass is 16.2. The lowest BCUT2D eigenvalue weighted by Gasteiger charge is -2.38. The fourth-order valence-corrected chi connectivity index (χ4v) is 1.19. The van der Waals surface area contributed by atoms with Crippen LogP contribution in [0.5, 0.6) is 0 Å². The number of hydrogen-bond acceptors (Lipinski definition) is 5. The fraction of sp³-hybridized carbons (Fsp3) is 1.00. The number of aliphatic hydroxyl groups is 1. The molecule has 0 aliphatic carbocycles. The minimum Gasteiger partial charge on any atom is -0.396 e. The number of hydrogen-bond donors (Lipinski definition) is 4. The summed E-state index contributed by atoms with van der Waals surface area (Å²) in [6.45, 7) is 9.20. The van der Waals surface area contributed by atoms with Crippen LogP contribution < -0.4 is 16.8 Å². The van der Waals surface area contributed by atoms with Crippen molar-refractivity contribution in [1.82, 2.24) is 10.2 Å². The summed E-state index contributed by atoms with van der Waals surface area (Å²) in [4.78, 5) is 2.22. The molecule has 6 N–H and O–H groups in total. The smallest absolute Gasteiger partial charge is 0.0431 e. The average Bonchev–Trinajstić information content (AvgIpc) is 2.33. The Bertz CT molecular complexity index is 170. The highest BCUT2D eigenvalue weighted by Crippen LogP contribution is 2.14. The zero-order valence-corrected chi connectivity index (χ0v) is 12.9. The number of rotatable bonds is 8. The number of nitrogens with two attached hydrogens (primary N) is 2. The molecule has 0 radical (unpaired) electrons. The molecule has 5 heteroatoms. The zero-order chi connectivity index (χ0) is 14.6. The number of aliphatic hydroxyl groups excluding tert-OH is 1. The van der Waals surface area contributed by atoms with Crippen LogP contribution in [-0.2, 0) is 0 Å². The van der Waals surface area contributed by atoms with E-state index in [-0.39, 0.29) is 12.1 Å². The van der Waals surface area contributed by atoms with Gasteiger partial charge >= 0.3 is 0 Å². The summed E-state index contributed by atoms with van der Waals surface area (Å²) in [5, 5.41) is 11.5. The molecule has 0 rings (SSSR count). The first-order chi connectivity index (χ1) is 8.34. The maximum Gasteiger partial charge on any atom is 0.0431 e. The summed E-state index contributed by atoms with van der Waals surface area (Å²) in [6, 6.07) is 0.455. The molecule has 18 heavy (non-hydrogen) atoms. The predicted octanol–water partition coefficient (Wildman–Crippen LogP) is -0.0190. The highest BCUT2D eigenvalue weighted by molar-refractivity contribution is 4.88. The maximum atomic E-state index is 8.14. The van der Waals surface area contributed by atoms with Gasteiger partial charge < -0.3 is 26.8 Å². The van der Waals surface area contributed by atoms with E-state index in [0.717, 1.165) is 19.4 Å². The second-order valence-electron chi connectivity index (χ2n) is 5.23. The Labute approximate surface area is 113 Å². The van der Waals surface area contributed by atoms with Crippen molar-refractivity contribution in [2.45, 2.75) is 45.2 Å². The average molecular weight is 262 g/mol. The van der Waals surface area contributed by atoms with E-state index < -0.39 is 0 Å². The van der Waals surface area contributed by atoms with Gasteiger partial charge in [-0.3, -0.25) is 0 Å². The Kier molecular flexibility index (Phi) is 13.3. The Morgan fingerprint density at radius 1 is 1.17 bits per heavy atom. The standard InChI is InChI=1S/C9H23N3.C4H11NO/c1-8(11-7-6-10)9(2,3)12(4)5;5-3-1-2-4-6/h8,11H,6-7,10H2,1-5H3;6H,1-5H2. The molecule has 0 amide bonds. The third kappa shape index (κ3) is 9.79. The lowest BCUT2D eigenvalue weighted by atomic mass is 9.95. The second kappa shape index (κ2) is 11.9. The molecule has 0 spiro atoms. The van der Waals surface area contributed by atoms with E-state index in [4.69, 9.17) is 16.6 Å². The predicted molar refractivity (Wildman–Crippen MR) is 79.7 cm³/mol. The quantitative estimate of drug-likeness (QED) is 0.462. The summed E-state index contributed by atoms with van der Waals surface area (Å²) < 4.78 is 0. The number of nitrogens with one attached hydrogen (secondary N) is 1. The van der Waals surface area contributed by atoms with Gasteiger partial charge in [0.25, 0.3) is 0 Å². The van der Waals surface area contributed by atoms with E-state index in [9.17, 15) is 0 Å². The van der Waals surface area contributed by atoms with E-state index in [1.54, 1.807) is 0 Å². The van der Waals surface area contributed by atoms with Gasteiger partial charge in [0.05, 0.1) is 0 Å². The van der Waals surface area contributed by atoms with E-state index >= 15 is 0 Å². The normalized spacial score (nSPS) is 13.2. The van der Waals surface area contributed by atoms with Crippen LogP contribution in [0.15, 0.2) is 0 Å². The number of likely N-dealkylation sites (N-methyl/N-ethyl adjacent to an activating group) is 1. The largest absolute Gasteiger partial charge is 0.396 e. The second-order valence-corrected chi connectivity index (χ2v) is 5.23. The number of nitrogens with zero attached hydrogens (tertiary/aromatic N) is 1. The van der Waals surface area contributed by atoms with Gasteiger partial charge in [-0.05, 0) is 54.3 Å². The first-order valence-corrected chi connectivity index (χ1v) is 6.76. The van der Waals surface area contributed by atoms with Crippen molar-refractivity contribution < 1.29 is 5.11 Å². The van der Waals surface area contributed by atoms with Gasteiger partial charge in [0.1, 0.15) is 0 Å². The Hall–Kier alpha value is -0.200. The lowest BCUT2D eigenvalue weighted by Crippen LogP contribution is -2.54. The van der Waals surface area contributed by atoms with Crippen LogP contribution in [0.3, 0.4) is 0 Å². The minimum atomic E-state index is 0.176. The molecule has 0 aromatic heterocycles. The van der Waals surface area contributed by atoms with Crippen LogP contribution in [0, 0.1) is 0 Å². The van der Waals surface area contributed by atoms with Crippen LogP contribution in [0.25, 0.3) is 0 Å². The van der Waals surface area contributed by atoms with Crippen LogP contribution in [0.4, 0.5) is 0 Å². The van der Waals surface area contributed by atoms with Crippen LogP contribution in [-0.4, -0.2) is 61.9 Å². The summed E-state index contributed by atoms with van der Waals surface area (Å²) >= 11 is 0. The zero-order valence-electron chi connectivity index (χ0n) is 12.9. The van der Waals surface area contributed by atoms with Gasteiger partial charge in [0, 0.05) is 31.3 Å². The van der Waals surface area contributed by atoms with Crippen molar-refractivity contribution >= 4 is 0 Å². The molecule has 0 fully saturated rings. The van der Waals surface area contributed by atoms with Gasteiger partial charge in [-0.2, -0.15) is 0 Å². The van der Waals surface area contributed by atoms with E-state index in [0.29, 0.717) is 19.1 Å². The SMILES string of the molecule is CC(NCCN)C(C)(C)N(C)C.NCCCCO. The third-order valence-electron chi connectivity index (χ3n) is 3.42. The molecule has 5 nitrogen and oxygen atoms in total. The topological polar surface area (TPSA) is 87.5 Å². The van der Waals surface area contributed by atoms with E-state index in [1.807, 2.05) is 0 Å². The Morgan fingerprint density at radius 2 is 1.72 bits per heavy atom. The summed E-state index contributed by atoms with van der Waals surface area (Å²) in [6.07, 6.45) is 1.78. The molecule has 0 bridgehead atoms. The van der Waals surface area contributed by atoms with Gasteiger partial charge in [0.15, 0.2) is 0 Å². The molecule has 0 aliphatic rings. The van der Waals surface area contributed by atoms with Crippen LogP contribution >= 0.6 is 0 Å². The number of unbranched alkanes of at least 4 members (excludes halogenated alkanes) is 1. The van der Waals surface area contributed by atoms with Crippen LogP contribution in [0.2, 0.25) is 0 Å². The van der Waals surface area contributed by atoms with Gasteiger partial charge in [0.2, 0.25) is 0 Å². The first-order valence-electron chi connectivity index (χ1n) is 6.76. The van der Waals surface area contributed by atoms with E-state index in [2.05, 4.69) is 45.1 Å². The van der Waals surface area contributed by atoms with Crippen molar-refractivity contribution in [3.8, 4) is 0 Å². The first kappa shape index (κ1) is 20.1. The fourth-order valence-electron chi connectivity index (χ4n) is 1.19. The Balaban J connectivity index is 0. The maximum absolute atomic E-state index is 8.14. The molecular formula is C13H34N4O. The van der Waals surface area contributed by atoms with Crippen molar-refractivity contribution in [3.63, 3.8) is 0 Å². The molecule has 1 atom stereocenters. The molecule has 0 saturated heterocycles. The molecule has 0 saturated carbocycles. The molecule has 112 valence electrons. The van der Waals surface area contributed by atoms with Gasteiger partial charge in [-0.25, -0.2) is 0 Å². The third-order valence-corrected chi connectivity index (χ3v) is 3.42. The van der Waals surface area contributed by atoms with Crippen molar-refractivity contribution in [1.29, 1.82) is 0 Å². The lowest BCUT2D eigenvalue weighted by molar-refractivity contribution is 0.147. The molecule has 0 aliphatic heterocycles. The summed E-state index contributed by atoms with van der Waals surface area (Å²) in [5.74, 6) is 0. The summed E-state index contributed by atoms with van der Waals surface area (Å²) in [7, 11) is 4.20. The van der Waals surface area contributed by atoms with Crippen molar-refractivity contribution in [2.24, 2.45) is 11.5 Å². The minimum absolute atomic E-state index is 0.176. The monoisotopic (exact) mass is 262 g/mol. The molecular weight excluding hydrogens is 228 g/mol. The molecule has 0 aromatic carbocycles. The van der Waals surface area contributed by atoms with Gasteiger partial charge in [-0.15, -0.1) is 0 Å². The molecule has 0 heterocycles. The van der Waals surface area contributed by atoms with Crippen molar-refractivity contribution in [2.75, 3.05) is 40.3 Å². The Morgan fingerprint density at radius 3 is 2.00 bits per heavy atom. The van der Waals surface area contributed by atoms with E-state index in [1.165, 1.54) is 0 Å². The molecule has 1 unspecified atom stereocenters. The van der Waals surface area contributed by atoms with Crippen LogP contribution in [0.1, 0.15) is 33.6 Å². The van der Waals surface area contributed by atoms with Crippen molar-refractivity contribution in [3.05, 3.63) is 0 Å². The summed E-state index contributed by atoms with van der Waals surface area (Å²) in [5.41, 5.74) is 10.7. The van der Waals surface area contributed by atoms with Gasteiger partial charge in [-0.1, -0.05) is 0 Å². The molecule has 0 aromatic rings.